The smallest absolute Gasteiger partial charge is 0.416 e. The number of phenolic OH excluding ortho intramolecular Hbond substituents is 1. The Bertz CT molecular complexity index is 1000. The van der Waals surface area contributed by atoms with Crippen molar-refractivity contribution in [3.05, 3.63) is 47.0 Å². The number of halogens is 3. The summed E-state index contributed by atoms with van der Waals surface area (Å²) in [5, 5.41) is 19.1. The Morgan fingerprint density at radius 3 is 2.41 bits per heavy atom. The molecule has 1 N–H and O–H groups in total. The van der Waals surface area contributed by atoms with E-state index in [9.17, 15) is 18.3 Å². The molecule has 2 aromatic carbocycles. The van der Waals surface area contributed by atoms with E-state index in [-0.39, 0.29) is 11.3 Å². The first kappa shape index (κ1) is 21.3. The molecule has 1 aromatic heterocycles. The molecule has 156 valence electrons. The van der Waals surface area contributed by atoms with Gasteiger partial charge < -0.3 is 14.0 Å². The molecule has 10 heteroatoms. The Hall–Kier alpha value is -2.43. The van der Waals surface area contributed by atoms with Gasteiger partial charge in [0.15, 0.2) is 0 Å². The molecule has 0 bridgehead atoms. The van der Waals surface area contributed by atoms with Crippen LogP contribution < -0.4 is 0 Å². The Labute approximate surface area is 167 Å². The molecule has 0 atom stereocenters. The van der Waals surface area contributed by atoms with Crippen molar-refractivity contribution in [3.63, 3.8) is 0 Å². The lowest BCUT2D eigenvalue weighted by Gasteiger charge is -2.13. The van der Waals surface area contributed by atoms with Gasteiger partial charge in [-0.1, -0.05) is 6.07 Å². The molecule has 0 aliphatic rings. The van der Waals surface area contributed by atoms with E-state index in [0.29, 0.717) is 17.6 Å². The number of hydrogen-bond acceptors (Lipinski definition) is 5. The van der Waals surface area contributed by atoms with Crippen molar-refractivity contribution in [3.8, 4) is 11.4 Å². The maximum Gasteiger partial charge on any atom is 0.416 e. The molecule has 0 unspecified atom stereocenters. The van der Waals surface area contributed by atoms with E-state index < -0.39 is 21.0 Å². The van der Waals surface area contributed by atoms with Crippen LogP contribution in [0.5, 0.6) is 5.75 Å². The van der Waals surface area contributed by atoms with E-state index in [4.69, 9.17) is 8.85 Å². The Morgan fingerprint density at radius 2 is 1.76 bits per heavy atom. The Balaban J connectivity index is 1.91. The standard InChI is InChI=1S/C19H22F3N3O3Si/c1-12-9-13(5-4-8-29(27-2)28-3)18(26)17(10-12)25-23-15-7-6-14(19(20,21)22)11-16(15)24-25/h6-7,9-11,26,29H,4-5,8H2,1-3H3. The summed E-state index contributed by atoms with van der Waals surface area (Å²) in [5.41, 5.74) is 1.57. The average Bonchev–Trinajstić information content (AvgIpc) is 3.10. The second-order valence-corrected chi connectivity index (χ2v) is 9.15. The quantitative estimate of drug-likeness (QED) is 0.582. The first-order valence-electron chi connectivity index (χ1n) is 9.05. The monoisotopic (exact) mass is 425 g/mol. The van der Waals surface area contributed by atoms with Crippen LogP contribution in [0.3, 0.4) is 0 Å². The summed E-state index contributed by atoms with van der Waals surface area (Å²) in [7, 11) is 1.58. The van der Waals surface area contributed by atoms with Crippen molar-refractivity contribution in [1.29, 1.82) is 0 Å². The van der Waals surface area contributed by atoms with Gasteiger partial charge in [-0.25, -0.2) is 0 Å². The van der Waals surface area contributed by atoms with Gasteiger partial charge in [-0.05, 0) is 61.2 Å². The fourth-order valence-electron chi connectivity index (χ4n) is 3.17. The number of hydrogen-bond donors (Lipinski definition) is 1. The van der Waals surface area contributed by atoms with Gasteiger partial charge in [0.25, 0.3) is 0 Å². The molecule has 3 aromatic rings. The molecule has 3 rings (SSSR count). The van der Waals surface area contributed by atoms with Crippen molar-refractivity contribution in [1.82, 2.24) is 15.0 Å². The third-order valence-electron chi connectivity index (χ3n) is 4.65. The minimum atomic E-state index is -4.46. The predicted molar refractivity (Wildman–Crippen MR) is 105 cm³/mol. The lowest BCUT2D eigenvalue weighted by Crippen LogP contribution is -2.18. The number of nitrogens with zero attached hydrogens (tertiary/aromatic N) is 3. The van der Waals surface area contributed by atoms with Gasteiger partial charge in [0, 0.05) is 14.2 Å². The van der Waals surface area contributed by atoms with Crippen LogP contribution in [0.15, 0.2) is 30.3 Å². The number of rotatable bonds is 7. The number of aryl methyl sites for hydroxylation is 2. The number of phenols is 1. The van der Waals surface area contributed by atoms with Crippen molar-refractivity contribution in [2.75, 3.05) is 14.2 Å². The van der Waals surface area contributed by atoms with Crippen LogP contribution in [0, 0.1) is 6.92 Å². The van der Waals surface area contributed by atoms with Crippen LogP contribution in [0.2, 0.25) is 6.04 Å². The van der Waals surface area contributed by atoms with Gasteiger partial charge in [0.05, 0.1) is 5.56 Å². The maximum absolute atomic E-state index is 12.9. The summed E-state index contributed by atoms with van der Waals surface area (Å²) >= 11 is 0. The molecule has 0 saturated carbocycles. The highest BCUT2D eigenvalue weighted by molar-refractivity contribution is 6.44. The number of benzene rings is 2. The first-order valence-corrected chi connectivity index (χ1v) is 10.8. The molecule has 6 nitrogen and oxygen atoms in total. The summed E-state index contributed by atoms with van der Waals surface area (Å²) in [6.45, 7) is 1.87. The zero-order chi connectivity index (χ0) is 21.2. The third kappa shape index (κ3) is 4.77. The highest BCUT2D eigenvalue weighted by Gasteiger charge is 2.31. The van der Waals surface area contributed by atoms with Crippen LogP contribution >= 0.6 is 0 Å². The zero-order valence-electron chi connectivity index (χ0n) is 16.3. The van der Waals surface area contributed by atoms with Crippen molar-refractivity contribution < 1.29 is 27.1 Å². The predicted octanol–water partition coefficient (Wildman–Crippen LogP) is 3.90. The molecule has 0 amide bonds. The van der Waals surface area contributed by atoms with E-state index in [2.05, 4.69) is 10.2 Å². The largest absolute Gasteiger partial charge is 0.505 e. The Kier molecular flexibility index (Phi) is 6.25. The fourth-order valence-corrected chi connectivity index (χ4v) is 4.37. The maximum atomic E-state index is 12.9. The second-order valence-electron chi connectivity index (χ2n) is 6.78. The molecule has 29 heavy (non-hydrogen) atoms. The summed E-state index contributed by atoms with van der Waals surface area (Å²) in [6.07, 6.45) is -3.07. The molecule has 0 fully saturated rings. The van der Waals surface area contributed by atoms with E-state index in [1.54, 1.807) is 20.3 Å². The van der Waals surface area contributed by atoms with E-state index in [1.165, 1.54) is 10.9 Å². The summed E-state index contributed by atoms with van der Waals surface area (Å²) < 4.78 is 49.4. The fraction of sp³-hybridized carbons (Fsp3) is 0.368. The van der Waals surface area contributed by atoms with E-state index in [0.717, 1.165) is 35.7 Å². The molecular weight excluding hydrogens is 403 g/mol. The van der Waals surface area contributed by atoms with Crippen molar-refractivity contribution in [2.45, 2.75) is 32.0 Å². The molecule has 1 heterocycles. The zero-order valence-corrected chi connectivity index (χ0v) is 17.5. The normalized spacial score (nSPS) is 12.2. The number of fused-ring (bicyclic) bond motifs is 1. The van der Waals surface area contributed by atoms with Crippen LogP contribution in [0.4, 0.5) is 13.2 Å². The van der Waals surface area contributed by atoms with Crippen LogP contribution in [0.25, 0.3) is 16.7 Å². The second kappa shape index (κ2) is 8.52. The topological polar surface area (TPSA) is 69.4 Å². The highest BCUT2D eigenvalue weighted by Crippen LogP contribution is 2.32. The number of aromatic hydroxyl groups is 1. The van der Waals surface area contributed by atoms with Gasteiger partial charge in [0.1, 0.15) is 22.5 Å². The van der Waals surface area contributed by atoms with Gasteiger partial charge in [0.2, 0.25) is 0 Å². The lowest BCUT2D eigenvalue weighted by molar-refractivity contribution is -0.137. The molecular formula is C19H22F3N3O3Si. The SMILES string of the molecule is CO[SiH](CCCc1cc(C)cc(-n2nc3ccc(C(F)(F)F)cc3n2)c1O)OC. The van der Waals surface area contributed by atoms with Gasteiger partial charge in [-0.2, -0.15) is 13.2 Å². The molecule has 0 saturated heterocycles. The minimum Gasteiger partial charge on any atom is -0.505 e. The molecule has 0 aliphatic heterocycles. The summed E-state index contributed by atoms with van der Waals surface area (Å²) in [4.78, 5) is 1.18. The highest BCUT2D eigenvalue weighted by atomic mass is 28.3. The number of aromatic nitrogens is 3. The molecule has 0 spiro atoms. The van der Waals surface area contributed by atoms with Gasteiger partial charge >= 0.3 is 15.5 Å². The van der Waals surface area contributed by atoms with Crippen LogP contribution in [-0.4, -0.2) is 43.6 Å². The Morgan fingerprint density at radius 1 is 1.07 bits per heavy atom. The lowest BCUT2D eigenvalue weighted by atomic mass is 10.0. The third-order valence-corrected chi connectivity index (χ3v) is 6.58. The van der Waals surface area contributed by atoms with Gasteiger partial charge in [-0.3, -0.25) is 0 Å². The van der Waals surface area contributed by atoms with Crippen LogP contribution in [0.1, 0.15) is 23.1 Å². The van der Waals surface area contributed by atoms with Crippen LogP contribution in [-0.2, 0) is 21.4 Å². The summed E-state index contributed by atoms with van der Waals surface area (Å²) in [6, 6.07) is 7.56. The minimum absolute atomic E-state index is 0.0139. The molecule has 0 radical (unpaired) electrons. The number of alkyl halides is 3. The van der Waals surface area contributed by atoms with Crippen molar-refractivity contribution >= 4 is 20.3 Å². The first-order chi connectivity index (χ1) is 13.7. The average molecular weight is 425 g/mol. The van der Waals surface area contributed by atoms with E-state index >= 15 is 0 Å². The van der Waals surface area contributed by atoms with E-state index in [1.807, 2.05) is 13.0 Å². The summed E-state index contributed by atoms with van der Waals surface area (Å²) in [5.74, 6) is 0.0139. The molecule has 0 aliphatic carbocycles. The van der Waals surface area contributed by atoms with Gasteiger partial charge in [-0.15, -0.1) is 15.0 Å². The van der Waals surface area contributed by atoms with Crippen molar-refractivity contribution in [2.24, 2.45) is 0 Å².